The van der Waals surface area contributed by atoms with E-state index in [-0.39, 0.29) is 12.4 Å². The predicted molar refractivity (Wildman–Crippen MR) is 31.0 cm³/mol. The van der Waals surface area contributed by atoms with Gasteiger partial charge in [0, 0.05) is 0 Å². The minimum atomic E-state index is -3.44. The summed E-state index contributed by atoms with van der Waals surface area (Å²) in [5.41, 5.74) is 0. The lowest BCUT2D eigenvalue weighted by molar-refractivity contribution is -0.222. The summed E-state index contributed by atoms with van der Waals surface area (Å²) < 4.78 is 25.2. The summed E-state index contributed by atoms with van der Waals surface area (Å²) in [6.45, 7) is 0.0348. The van der Waals surface area contributed by atoms with E-state index in [0.717, 1.165) is 12.5 Å². The van der Waals surface area contributed by atoms with Crippen molar-refractivity contribution in [1.29, 1.82) is 0 Å². The van der Waals surface area contributed by atoms with E-state index in [1.54, 1.807) is 0 Å². The molecule has 1 aliphatic rings. The van der Waals surface area contributed by atoms with Gasteiger partial charge in [0.25, 0.3) is 0 Å². The Balaban J connectivity index is 2.54. The molecule has 1 aliphatic heterocycles. The van der Waals surface area contributed by atoms with E-state index in [0.29, 0.717) is 0 Å². The van der Waals surface area contributed by atoms with Gasteiger partial charge in [-0.25, -0.2) is 0 Å². The van der Waals surface area contributed by atoms with Crippen molar-refractivity contribution in [3.8, 4) is 0 Å². The first-order valence-corrected chi connectivity index (χ1v) is 4.26. The minimum Gasteiger partial charge on any atom is -0.381 e. The summed E-state index contributed by atoms with van der Waals surface area (Å²) >= 11 is 0. The van der Waals surface area contributed by atoms with Crippen molar-refractivity contribution >= 4 is 10.1 Å². The van der Waals surface area contributed by atoms with Gasteiger partial charge in [0.15, 0.2) is 18.6 Å². The average Bonchev–Trinajstić information content (AvgIpc) is 2.12. The molecule has 0 saturated heterocycles. The highest BCUT2D eigenvalue weighted by molar-refractivity contribution is 7.86. The summed E-state index contributed by atoms with van der Waals surface area (Å²) in [6, 6.07) is 0. The van der Waals surface area contributed by atoms with Crippen LogP contribution in [-0.4, -0.2) is 21.3 Å². The molecular formula is C4H6O5S. The SMILES string of the molecule is CS(=O)(=O)OC1=COOC1. The Morgan fingerprint density at radius 1 is 1.70 bits per heavy atom. The van der Waals surface area contributed by atoms with Gasteiger partial charge in [0.05, 0.1) is 6.26 Å². The molecule has 0 unspecified atom stereocenters. The maximum Gasteiger partial charge on any atom is 0.306 e. The van der Waals surface area contributed by atoms with Crippen LogP contribution in [0.4, 0.5) is 0 Å². The summed E-state index contributed by atoms with van der Waals surface area (Å²) in [4.78, 5) is 8.57. The normalized spacial score (nSPS) is 17.9. The molecule has 5 nitrogen and oxygen atoms in total. The van der Waals surface area contributed by atoms with Gasteiger partial charge in [0.1, 0.15) is 0 Å². The topological polar surface area (TPSA) is 61.8 Å². The van der Waals surface area contributed by atoms with Crippen LogP contribution in [0.1, 0.15) is 0 Å². The number of rotatable bonds is 2. The van der Waals surface area contributed by atoms with Crippen molar-refractivity contribution in [3.63, 3.8) is 0 Å². The van der Waals surface area contributed by atoms with Crippen LogP contribution < -0.4 is 0 Å². The van der Waals surface area contributed by atoms with Crippen LogP contribution >= 0.6 is 0 Å². The van der Waals surface area contributed by atoms with E-state index in [1.165, 1.54) is 0 Å². The van der Waals surface area contributed by atoms with Gasteiger partial charge in [-0.3, -0.25) is 0 Å². The van der Waals surface area contributed by atoms with E-state index in [1.807, 2.05) is 0 Å². The average molecular weight is 166 g/mol. The molecule has 1 rings (SSSR count). The van der Waals surface area contributed by atoms with Crippen LogP contribution in [0, 0.1) is 0 Å². The summed E-state index contributed by atoms with van der Waals surface area (Å²) in [5.74, 6) is 0.155. The third-order valence-corrected chi connectivity index (χ3v) is 1.22. The Labute approximate surface area is 58.2 Å². The summed E-state index contributed by atoms with van der Waals surface area (Å²) in [5, 5.41) is 0. The standard InChI is InChI=1S/C4H6O5S/c1-10(5,6)9-4-2-7-8-3-4/h2H,3H2,1H3. The first-order chi connectivity index (χ1) is 4.58. The van der Waals surface area contributed by atoms with Crippen LogP contribution in [0.3, 0.4) is 0 Å². The van der Waals surface area contributed by atoms with Crippen molar-refractivity contribution in [2.24, 2.45) is 0 Å². The summed E-state index contributed by atoms with van der Waals surface area (Å²) in [6.07, 6.45) is 2.05. The van der Waals surface area contributed by atoms with E-state index >= 15 is 0 Å². The second-order valence-electron chi connectivity index (χ2n) is 1.73. The Hall–Kier alpha value is -0.750. The summed E-state index contributed by atoms with van der Waals surface area (Å²) in [7, 11) is -3.44. The van der Waals surface area contributed by atoms with E-state index < -0.39 is 10.1 Å². The monoisotopic (exact) mass is 166 g/mol. The first kappa shape index (κ1) is 7.36. The lowest BCUT2D eigenvalue weighted by Gasteiger charge is -1.97. The highest BCUT2D eigenvalue weighted by atomic mass is 32.2. The zero-order valence-electron chi connectivity index (χ0n) is 5.23. The molecule has 0 aromatic rings. The van der Waals surface area contributed by atoms with Crippen LogP contribution in [0.5, 0.6) is 0 Å². The number of hydrogen-bond acceptors (Lipinski definition) is 5. The predicted octanol–water partition coefficient (Wildman–Crippen LogP) is -0.234. The lowest BCUT2D eigenvalue weighted by atomic mass is 10.6. The van der Waals surface area contributed by atoms with Crippen LogP contribution in [-0.2, 0) is 24.1 Å². The second-order valence-corrected chi connectivity index (χ2v) is 3.30. The van der Waals surface area contributed by atoms with Gasteiger partial charge < -0.3 is 9.07 Å². The van der Waals surface area contributed by atoms with Gasteiger partial charge in [-0.05, 0) is 0 Å². The molecular weight excluding hydrogens is 160 g/mol. The van der Waals surface area contributed by atoms with Crippen molar-refractivity contribution in [2.45, 2.75) is 0 Å². The Kier molecular flexibility index (Phi) is 1.82. The molecule has 0 aromatic heterocycles. The van der Waals surface area contributed by atoms with Crippen LogP contribution in [0.2, 0.25) is 0 Å². The Bertz CT molecular complexity index is 238. The third kappa shape index (κ3) is 2.24. The number of hydrogen-bond donors (Lipinski definition) is 0. The maximum atomic E-state index is 10.4. The third-order valence-electron chi connectivity index (χ3n) is 0.707. The molecule has 58 valence electrons. The van der Waals surface area contributed by atoms with Crippen LogP contribution in [0.25, 0.3) is 0 Å². The molecule has 0 aliphatic carbocycles. The molecule has 0 radical (unpaired) electrons. The fourth-order valence-electron chi connectivity index (χ4n) is 0.452. The maximum absolute atomic E-state index is 10.4. The lowest BCUT2D eigenvalue weighted by Crippen LogP contribution is -2.03. The second kappa shape index (κ2) is 2.47. The van der Waals surface area contributed by atoms with Crippen molar-refractivity contribution in [2.75, 3.05) is 12.9 Å². The highest BCUT2D eigenvalue weighted by Gasteiger charge is 2.13. The molecule has 0 amide bonds. The molecule has 6 heteroatoms. The van der Waals surface area contributed by atoms with Gasteiger partial charge in [-0.1, -0.05) is 0 Å². The molecule has 0 fully saturated rings. The zero-order chi connectivity index (χ0) is 7.61. The molecule has 1 heterocycles. The van der Waals surface area contributed by atoms with Crippen LogP contribution in [0.15, 0.2) is 12.0 Å². The van der Waals surface area contributed by atoms with Gasteiger partial charge in [-0.15, -0.1) is 0 Å². The molecule has 0 saturated carbocycles. The van der Waals surface area contributed by atoms with Crippen molar-refractivity contribution in [3.05, 3.63) is 12.0 Å². The fourth-order valence-corrected chi connectivity index (χ4v) is 0.928. The highest BCUT2D eigenvalue weighted by Crippen LogP contribution is 2.09. The first-order valence-electron chi connectivity index (χ1n) is 2.45. The molecule has 10 heavy (non-hydrogen) atoms. The Morgan fingerprint density at radius 2 is 2.40 bits per heavy atom. The van der Waals surface area contributed by atoms with E-state index in [9.17, 15) is 8.42 Å². The largest absolute Gasteiger partial charge is 0.381 e. The smallest absolute Gasteiger partial charge is 0.306 e. The quantitative estimate of drug-likeness (QED) is 0.418. The van der Waals surface area contributed by atoms with Gasteiger partial charge >= 0.3 is 10.1 Å². The molecule has 0 N–H and O–H groups in total. The fraction of sp³-hybridized carbons (Fsp3) is 0.500. The Morgan fingerprint density at radius 3 is 2.80 bits per heavy atom. The molecule has 0 atom stereocenters. The van der Waals surface area contributed by atoms with Gasteiger partial charge in [-0.2, -0.15) is 13.3 Å². The van der Waals surface area contributed by atoms with E-state index in [4.69, 9.17) is 0 Å². The molecule has 0 spiro atoms. The minimum absolute atomic E-state index is 0.0348. The van der Waals surface area contributed by atoms with E-state index in [2.05, 4.69) is 14.0 Å². The molecule has 0 bridgehead atoms. The van der Waals surface area contributed by atoms with Gasteiger partial charge in [0.2, 0.25) is 0 Å². The van der Waals surface area contributed by atoms with Crippen molar-refractivity contribution < 1.29 is 22.4 Å². The zero-order valence-corrected chi connectivity index (χ0v) is 6.05. The van der Waals surface area contributed by atoms with Crippen molar-refractivity contribution in [1.82, 2.24) is 0 Å². The molecule has 0 aromatic carbocycles.